The number of hydrogen-bond donors (Lipinski definition) is 2. The van der Waals surface area contributed by atoms with Gasteiger partial charge < -0.3 is 15.2 Å². The number of amides is 1. The van der Waals surface area contributed by atoms with E-state index in [2.05, 4.69) is 5.32 Å². The highest BCUT2D eigenvalue weighted by Crippen LogP contribution is 2.26. The van der Waals surface area contributed by atoms with Crippen molar-refractivity contribution in [1.82, 2.24) is 5.32 Å². The Balaban J connectivity index is 1.71. The first-order chi connectivity index (χ1) is 8.29. The molecule has 4 nitrogen and oxygen atoms in total. The first-order valence-electron chi connectivity index (χ1n) is 5.87. The van der Waals surface area contributed by atoms with Crippen LogP contribution in [0.4, 0.5) is 4.79 Å². The average molecular weight is 235 g/mol. The third-order valence-electron chi connectivity index (χ3n) is 3.17. The number of rotatable bonds is 4. The molecule has 1 aliphatic rings. The topological polar surface area (TPSA) is 58.6 Å². The Labute approximate surface area is 101 Å². The van der Waals surface area contributed by atoms with Crippen LogP contribution >= 0.6 is 0 Å². The zero-order chi connectivity index (χ0) is 12.1. The van der Waals surface area contributed by atoms with Crippen LogP contribution in [0.1, 0.15) is 18.4 Å². The van der Waals surface area contributed by atoms with Crippen LogP contribution < -0.4 is 5.32 Å². The van der Waals surface area contributed by atoms with Gasteiger partial charge in [-0.15, -0.1) is 0 Å². The third kappa shape index (κ3) is 3.20. The van der Waals surface area contributed by atoms with E-state index >= 15 is 0 Å². The fourth-order valence-corrected chi connectivity index (χ4v) is 1.89. The van der Waals surface area contributed by atoms with E-state index in [4.69, 9.17) is 9.84 Å². The maximum absolute atomic E-state index is 11.5. The number of nitrogens with one attached hydrogen (secondary N) is 1. The minimum atomic E-state index is -0.406. The summed E-state index contributed by atoms with van der Waals surface area (Å²) in [5.41, 5.74) is 0.968. The molecule has 0 aliphatic heterocycles. The van der Waals surface area contributed by atoms with Gasteiger partial charge in [-0.3, -0.25) is 0 Å². The van der Waals surface area contributed by atoms with E-state index in [1.165, 1.54) is 0 Å². The van der Waals surface area contributed by atoms with Gasteiger partial charge >= 0.3 is 6.09 Å². The summed E-state index contributed by atoms with van der Waals surface area (Å²) in [4.78, 5) is 11.5. The lowest BCUT2D eigenvalue weighted by atomic mass is 9.80. The first kappa shape index (κ1) is 11.9. The first-order valence-corrected chi connectivity index (χ1v) is 5.87. The molecule has 2 atom stereocenters. The largest absolute Gasteiger partial charge is 0.445 e. The van der Waals surface area contributed by atoms with Gasteiger partial charge in [0.15, 0.2) is 0 Å². The number of benzene rings is 1. The Morgan fingerprint density at radius 1 is 1.35 bits per heavy atom. The monoisotopic (exact) mass is 235 g/mol. The van der Waals surface area contributed by atoms with Crippen LogP contribution in [-0.4, -0.2) is 23.8 Å². The van der Waals surface area contributed by atoms with Gasteiger partial charge in [0.2, 0.25) is 0 Å². The molecule has 92 valence electrons. The Morgan fingerprint density at radius 2 is 2.12 bits per heavy atom. The van der Waals surface area contributed by atoms with Crippen LogP contribution in [0.3, 0.4) is 0 Å². The summed E-state index contributed by atoms with van der Waals surface area (Å²) in [6.07, 6.45) is 1.49. The molecule has 17 heavy (non-hydrogen) atoms. The van der Waals surface area contributed by atoms with Crippen molar-refractivity contribution in [1.29, 1.82) is 0 Å². The molecular weight excluding hydrogens is 218 g/mol. The number of aliphatic hydroxyl groups excluding tert-OH is 1. The van der Waals surface area contributed by atoms with Gasteiger partial charge in [-0.1, -0.05) is 30.3 Å². The van der Waals surface area contributed by atoms with Crippen molar-refractivity contribution in [3.05, 3.63) is 35.9 Å². The predicted octanol–water partition coefficient (Wildman–Crippen LogP) is 1.68. The molecule has 2 rings (SSSR count). The fraction of sp³-hybridized carbons (Fsp3) is 0.462. The maximum atomic E-state index is 11.5. The van der Waals surface area contributed by atoms with Crippen LogP contribution in [0.2, 0.25) is 0 Å². The van der Waals surface area contributed by atoms with E-state index in [1.54, 1.807) is 0 Å². The van der Waals surface area contributed by atoms with Crippen LogP contribution in [0.25, 0.3) is 0 Å². The Morgan fingerprint density at radius 3 is 2.71 bits per heavy atom. The molecule has 0 saturated heterocycles. The summed E-state index contributed by atoms with van der Waals surface area (Å²) in [6.45, 7) is 0.410. The van der Waals surface area contributed by atoms with Crippen LogP contribution in [0.15, 0.2) is 30.3 Å². The molecule has 0 unspecified atom stereocenters. The number of ether oxygens (including phenoxy) is 1. The minimum Gasteiger partial charge on any atom is -0.445 e. The van der Waals surface area contributed by atoms with E-state index in [0.717, 1.165) is 18.4 Å². The zero-order valence-corrected chi connectivity index (χ0v) is 9.63. The highest BCUT2D eigenvalue weighted by atomic mass is 16.5. The molecule has 0 radical (unpaired) electrons. The number of carbonyl (C=O) groups excluding carboxylic acids is 1. The summed E-state index contributed by atoms with van der Waals surface area (Å²) in [7, 11) is 0. The lowest BCUT2D eigenvalue weighted by molar-refractivity contribution is 0.0930. The standard InChI is InChI=1S/C13H17NO3/c15-8-11-6-7-12(11)14-13(16)17-9-10-4-2-1-3-5-10/h1-5,11-12,15H,6-9H2,(H,14,16)/t11-,12-/m1/s1. The van der Waals surface area contributed by atoms with E-state index in [1.807, 2.05) is 30.3 Å². The van der Waals surface area contributed by atoms with Crippen molar-refractivity contribution < 1.29 is 14.6 Å². The molecule has 0 heterocycles. The van der Waals surface area contributed by atoms with Crippen molar-refractivity contribution in [2.75, 3.05) is 6.61 Å². The highest BCUT2D eigenvalue weighted by Gasteiger charge is 2.31. The Kier molecular flexibility index (Phi) is 3.98. The summed E-state index contributed by atoms with van der Waals surface area (Å²) >= 11 is 0. The third-order valence-corrected chi connectivity index (χ3v) is 3.17. The second-order valence-electron chi connectivity index (χ2n) is 4.33. The van der Waals surface area contributed by atoms with Gasteiger partial charge in [-0.2, -0.15) is 0 Å². The molecule has 0 spiro atoms. The minimum absolute atomic E-state index is 0.0725. The molecule has 1 aromatic carbocycles. The summed E-state index contributed by atoms with van der Waals surface area (Å²) in [6, 6.07) is 9.63. The van der Waals surface area contributed by atoms with E-state index in [9.17, 15) is 4.79 Å². The Hall–Kier alpha value is -1.55. The van der Waals surface area contributed by atoms with Crippen molar-refractivity contribution in [2.24, 2.45) is 5.92 Å². The number of aliphatic hydroxyl groups is 1. The second kappa shape index (κ2) is 5.68. The number of alkyl carbamates (subject to hydrolysis) is 1. The molecule has 1 aromatic rings. The smallest absolute Gasteiger partial charge is 0.407 e. The van der Waals surface area contributed by atoms with Gasteiger partial charge in [0.1, 0.15) is 6.61 Å². The molecule has 0 aromatic heterocycles. The van der Waals surface area contributed by atoms with Gasteiger partial charge in [0.05, 0.1) is 0 Å². The summed E-state index contributed by atoms with van der Waals surface area (Å²) < 4.78 is 5.10. The van der Waals surface area contributed by atoms with Crippen LogP contribution in [0, 0.1) is 5.92 Å². The van der Waals surface area contributed by atoms with Gasteiger partial charge in [-0.25, -0.2) is 4.79 Å². The van der Waals surface area contributed by atoms with Gasteiger partial charge in [0.25, 0.3) is 0 Å². The van der Waals surface area contributed by atoms with Crippen LogP contribution in [0.5, 0.6) is 0 Å². The van der Waals surface area contributed by atoms with Gasteiger partial charge in [0, 0.05) is 18.6 Å². The second-order valence-corrected chi connectivity index (χ2v) is 4.33. The molecular formula is C13H17NO3. The molecule has 0 bridgehead atoms. The molecule has 2 N–H and O–H groups in total. The molecule has 1 fully saturated rings. The predicted molar refractivity (Wildman–Crippen MR) is 63.4 cm³/mol. The number of carbonyl (C=O) groups is 1. The van der Waals surface area contributed by atoms with E-state index in [-0.39, 0.29) is 25.2 Å². The highest BCUT2D eigenvalue weighted by molar-refractivity contribution is 5.67. The normalized spacial score (nSPS) is 22.6. The van der Waals surface area contributed by atoms with Crippen molar-refractivity contribution >= 4 is 6.09 Å². The lowest BCUT2D eigenvalue weighted by Gasteiger charge is -2.35. The SMILES string of the molecule is O=C(N[C@@H]1CC[C@@H]1CO)OCc1ccccc1. The molecule has 1 aliphatic carbocycles. The Bertz CT molecular complexity index is 364. The fourth-order valence-electron chi connectivity index (χ4n) is 1.89. The quantitative estimate of drug-likeness (QED) is 0.834. The molecule has 1 saturated carbocycles. The maximum Gasteiger partial charge on any atom is 0.407 e. The van der Waals surface area contributed by atoms with Crippen LogP contribution in [-0.2, 0) is 11.3 Å². The molecule has 4 heteroatoms. The summed E-state index contributed by atoms with van der Waals surface area (Å²) in [5.74, 6) is 0.194. The lowest BCUT2D eigenvalue weighted by Crippen LogP contribution is -2.48. The van der Waals surface area contributed by atoms with Crippen molar-refractivity contribution in [3.63, 3.8) is 0 Å². The van der Waals surface area contributed by atoms with Gasteiger partial charge in [-0.05, 0) is 18.4 Å². The van der Waals surface area contributed by atoms with Crippen molar-refractivity contribution in [3.8, 4) is 0 Å². The summed E-state index contributed by atoms with van der Waals surface area (Å²) in [5, 5.41) is 11.8. The average Bonchev–Trinajstić information content (AvgIpc) is 2.34. The molecule has 1 amide bonds. The van der Waals surface area contributed by atoms with E-state index < -0.39 is 6.09 Å². The number of hydrogen-bond acceptors (Lipinski definition) is 3. The zero-order valence-electron chi connectivity index (χ0n) is 9.63. The van der Waals surface area contributed by atoms with E-state index in [0.29, 0.717) is 0 Å². The van der Waals surface area contributed by atoms with Crippen molar-refractivity contribution in [2.45, 2.75) is 25.5 Å².